The van der Waals surface area contributed by atoms with Gasteiger partial charge in [-0.05, 0) is 17.5 Å². The molecule has 0 aliphatic carbocycles. The van der Waals surface area contributed by atoms with Gasteiger partial charge in [0, 0.05) is 26.7 Å². The minimum Gasteiger partial charge on any atom is -0.341 e. The highest BCUT2D eigenvalue weighted by molar-refractivity contribution is 5.85. The lowest BCUT2D eigenvalue weighted by Gasteiger charge is -2.30. The molecule has 3 nitrogen and oxygen atoms in total. The van der Waals surface area contributed by atoms with E-state index in [4.69, 9.17) is 0 Å². The van der Waals surface area contributed by atoms with Crippen LogP contribution in [-0.2, 0) is 17.8 Å². The molecule has 0 radical (unpaired) electrons. The average Bonchev–Trinajstić information content (AvgIpc) is 2.27. The molecule has 1 fully saturated rings. The Morgan fingerprint density at radius 1 is 1.28 bits per heavy atom. The summed E-state index contributed by atoms with van der Waals surface area (Å²) in [7, 11) is 1.88. The summed E-state index contributed by atoms with van der Waals surface area (Å²) in [5.41, 5.74) is 2.54. The maximum absolute atomic E-state index is 11.9. The number of rotatable bonds is 4. The maximum Gasteiger partial charge on any atom is 0.228 e. The molecule has 1 amide bonds. The first kappa shape index (κ1) is 15.0. The van der Waals surface area contributed by atoms with E-state index in [2.05, 4.69) is 36.5 Å². The number of aryl methyl sites for hydroxylation is 1. The highest BCUT2D eigenvalue weighted by atomic mass is 35.5. The fourth-order valence-electron chi connectivity index (χ4n) is 2.01. The molecular formula is C14H21ClN2O. The normalized spacial score (nSPS) is 14.6. The van der Waals surface area contributed by atoms with E-state index in [0.717, 1.165) is 19.5 Å². The summed E-state index contributed by atoms with van der Waals surface area (Å²) in [6.07, 6.45) is 1.06. The minimum atomic E-state index is 0. The van der Waals surface area contributed by atoms with Crippen LogP contribution >= 0.6 is 12.4 Å². The number of hydrogen-bond donors (Lipinski definition) is 1. The molecule has 0 aromatic heterocycles. The van der Waals surface area contributed by atoms with E-state index < -0.39 is 0 Å². The summed E-state index contributed by atoms with van der Waals surface area (Å²) in [6, 6.07) is 8.50. The van der Waals surface area contributed by atoms with Crippen molar-refractivity contribution in [1.82, 2.24) is 10.2 Å². The smallest absolute Gasteiger partial charge is 0.228 e. The largest absolute Gasteiger partial charge is 0.341 e. The summed E-state index contributed by atoms with van der Waals surface area (Å²) in [5, 5.41) is 3.13. The molecule has 2 rings (SSSR count). The molecule has 1 heterocycles. The number of carbonyl (C=O) groups is 1. The lowest BCUT2D eigenvalue weighted by Crippen LogP contribution is -2.50. The zero-order valence-electron chi connectivity index (χ0n) is 11.0. The van der Waals surface area contributed by atoms with Crippen molar-refractivity contribution in [1.29, 1.82) is 0 Å². The van der Waals surface area contributed by atoms with Crippen LogP contribution in [0.2, 0.25) is 0 Å². The van der Waals surface area contributed by atoms with Crippen LogP contribution in [0.3, 0.4) is 0 Å². The molecule has 4 heteroatoms. The molecule has 1 aliphatic rings. The highest BCUT2D eigenvalue weighted by Crippen LogP contribution is 2.11. The number of amides is 1. The standard InChI is InChI=1S/C14H20N2O.ClH/c1-3-11-4-6-12(7-5-11)10-16(2)14(17)13-8-15-9-13;/h4-7,13,15H,3,8-10H2,1-2H3;1H. The van der Waals surface area contributed by atoms with Gasteiger partial charge in [0.2, 0.25) is 5.91 Å². The van der Waals surface area contributed by atoms with Crippen molar-refractivity contribution < 1.29 is 4.79 Å². The zero-order valence-corrected chi connectivity index (χ0v) is 11.8. The monoisotopic (exact) mass is 268 g/mol. The Hall–Kier alpha value is -1.06. The minimum absolute atomic E-state index is 0. The fraction of sp³-hybridized carbons (Fsp3) is 0.500. The van der Waals surface area contributed by atoms with Crippen LogP contribution in [0.5, 0.6) is 0 Å². The number of hydrogen-bond acceptors (Lipinski definition) is 2. The molecule has 1 aromatic rings. The topological polar surface area (TPSA) is 32.3 Å². The second-order valence-corrected chi connectivity index (χ2v) is 4.72. The Balaban J connectivity index is 0.00000162. The fourth-order valence-corrected chi connectivity index (χ4v) is 2.01. The SMILES string of the molecule is CCc1ccc(CN(C)C(=O)C2CNC2)cc1.Cl. The summed E-state index contributed by atoms with van der Waals surface area (Å²) in [6.45, 7) is 4.52. The van der Waals surface area contributed by atoms with Crippen LogP contribution in [0.15, 0.2) is 24.3 Å². The molecule has 100 valence electrons. The molecule has 18 heavy (non-hydrogen) atoms. The van der Waals surface area contributed by atoms with E-state index in [9.17, 15) is 4.79 Å². The molecule has 0 bridgehead atoms. The third-order valence-electron chi connectivity index (χ3n) is 3.36. The van der Waals surface area contributed by atoms with Crippen molar-refractivity contribution in [2.24, 2.45) is 5.92 Å². The van der Waals surface area contributed by atoms with Gasteiger partial charge in [-0.3, -0.25) is 4.79 Å². The van der Waals surface area contributed by atoms with Gasteiger partial charge in [-0.15, -0.1) is 12.4 Å². The van der Waals surface area contributed by atoms with Gasteiger partial charge >= 0.3 is 0 Å². The van der Waals surface area contributed by atoms with E-state index in [0.29, 0.717) is 6.54 Å². The van der Waals surface area contributed by atoms with Gasteiger partial charge in [-0.1, -0.05) is 31.2 Å². The number of benzene rings is 1. The van der Waals surface area contributed by atoms with Crippen LogP contribution in [0.4, 0.5) is 0 Å². The van der Waals surface area contributed by atoms with E-state index in [1.165, 1.54) is 11.1 Å². The summed E-state index contributed by atoms with van der Waals surface area (Å²) in [4.78, 5) is 13.8. The molecule has 0 atom stereocenters. The third-order valence-corrected chi connectivity index (χ3v) is 3.36. The quantitative estimate of drug-likeness (QED) is 0.904. The molecule has 0 saturated carbocycles. The van der Waals surface area contributed by atoms with Crippen molar-refractivity contribution in [2.45, 2.75) is 19.9 Å². The van der Waals surface area contributed by atoms with Gasteiger partial charge in [-0.25, -0.2) is 0 Å². The van der Waals surface area contributed by atoms with Gasteiger partial charge in [0.05, 0.1) is 5.92 Å². The number of halogens is 1. The molecule has 1 aliphatic heterocycles. The van der Waals surface area contributed by atoms with E-state index in [1.807, 2.05) is 11.9 Å². The Morgan fingerprint density at radius 3 is 2.28 bits per heavy atom. The maximum atomic E-state index is 11.9. The number of nitrogens with zero attached hydrogens (tertiary/aromatic N) is 1. The second kappa shape index (κ2) is 6.76. The first-order valence-corrected chi connectivity index (χ1v) is 6.24. The summed E-state index contributed by atoms with van der Waals surface area (Å²) in [5.74, 6) is 0.443. The van der Waals surface area contributed by atoms with Crippen LogP contribution in [0.1, 0.15) is 18.1 Å². The second-order valence-electron chi connectivity index (χ2n) is 4.72. The van der Waals surface area contributed by atoms with Crippen LogP contribution in [-0.4, -0.2) is 30.9 Å². The first-order chi connectivity index (χ1) is 8.20. The van der Waals surface area contributed by atoms with Crippen molar-refractivity contribution >= 4 is 18.3 Å². The predicted molar refractivity (Wildman–Crippen MR) is 75.9 cm³/mol. The highest BCUT2D eigenvalue weighted by Gasteiger charge is 2.27. The summed E-state index contributed by atoms with van der Waals surface area (Å²) < 4.78 is 0. The van der Waals surface area contributed by atoms with Crippen molar-refractivity contribution in [2.75, 3.05) is 20.1 Å². The molecular weight excluding hydrogens is 248 g/mol. The van der Waals surface area contributed by atoms with Crippen LogP contribution < -0.4 is 5.32 Å². The van der Waals surface area contributed by atoms with Crippen molar-refractivity contribution in [3.63, 3.8) is 0 Å². The molecule has 0 unspecified atom stereocenters. The Kier molecular flexibility index (Phi) is 5.63. The Morgan fingerprint density at radius 2 is 1.83 bits per heavy atom. The summed E-state index contributed by atoms with van der Waals surface area (Å²) >= 11 is 0. The average molecular weight is 269 g/mol. The number of carbonyl (C=O) groups excluding carboxylic acids is 1. The van der Waals surface area contributed by atoms with Gasteiger partial charge in [-0.2, -0.15) is 0 Å². The Bertz CT molecular complexity index is 387. The Labute approximate surface area is 115 Å². The zero-order chi connectivity index (χ0) is 12.3. The van der Waals surface area contributed by atoms with Gasteiger partial charge in [0.15, 0.2) is 0 Å². The molecule has 1 aromatic carbocycles. The number of nitrogens with one attached hydrogen (secondary N) is 1. The third kappa shape index (κ3) is 3.47. The molecule has 0 spiro atoms. The van der Waals surface area contributed by atoms with E-state index >= 15 is 0 Å². The molecule has 1 N–H and O–H groups in total. The molecule has 1 saturated heterocycles. The van der Waals surface area contributed by atoms with E-state index in [-0.39, 0.29) is 24.2 Å². The van der Waals surface area contributed by atoms with Crippen molar-refractivity contribution in [3.05, 3.63) is 35.4 Å². The first-order valence-electron chi connectivity index (χ1n) is 6.24. The van der Waals surface area contributed by atoms with E-state index in [1.54, 1.807) is 0 Å². The van der Waals surface area contributed by atoms with Gasteiger partial charge in [0.1, 0.15) is 0 Å². The van der Waals surface area contributed by atoms with Crippen LogP contribution in [0.25, 0.3) is 0 Å². The van der Waals surface area contributed by atoms with Crippen molar-refractivity contribution in [3.8, 4) is 0 Å². The lowest BCUT2D eigenvalue weighted by atomic mass is 10.0. The lowest BCUT2D eigenvalue weighted by molar-refractivity contribution is -0.136. The van der Waals surface area contributed by atoms with Crippen LogP contribution in [0, 0.1) is 5.92 Å². The van der Waals surface area contributed by atoms with Gasteiger partial charge < -0.3 is 10.2 Å². The predicted octanol–water partition coefficient (Wildman–Crippen LogP) is 1.85. The van der Waals surface area contributed by atoms with Gasteiger partial charge in [0.25, 0.3) is 0 Å².